The van der Waals surface area contributed by atoms with Crippen molar-refractivity contribution in [1.29, 1.82) is 0 Å². The summed E-state index contributed by atoms with van der Waals surface area (Å²) in [5, 5.41) is 3.33. The number of nitrogens with one attached hydrogen (secondary N) is 1. The SMILES string of the molecule is CC(=O)N1CCc2cc(NCc3ccc(F)cc3)ccc21. The number of fused-ring (bicyclic) bond motifs is 1. The van der Waals surface area contributed by atoms with Gasteiger partial charge in [-0.05, 0) is 47.9 Å². The van der Waals surface area contributed by atoms with Gasteiger partial charge in [-0.1, -0.05) is 12.1 Å². The third kappa shape index (κ3) is 2.89. The zero-order chi connectivity index (χ0) is 14.8. The summed E-state index contributed by atoms with van der Waals surface area (Å²) in [7, 11) is 0. The highest BCUT2D eigenvalue weighted by atomic mass is 19.1. The van der Waals surface area contributed by atoms with Crippen LogP contribution >= 0.6 is 0 Å². The predicted octanol–water partition coefficient (Wildman–Crippen LogP) is 3.35. The van der Waals surface area contributed by atoms with Crippen molar-refractivity contribution in [1.82, 2.24) is 0 Å². The molecular formula is C17H17FN2O. The van der Waals surface area contributed by atoms with Crippen molar-refractivity contribution in [3.05, 3.63) is 59.4 Å². The highest BCUT2D eigenvalue weighted by molar-refractivity contribution is 5.94. The summed E-state index contributed by atoms with van der Waals surface area (Å²) >= 11 is 0. The van der Waals surface area contributed by atoms with Gasteiger partial charge in [0.15, 0.2) is 0 Å². The summed E-state index contributed by atoms with van der Waals surface area (Å²) in [6.45, 7) is 3.00. The molecule has 0 aromatic heterocycles. The molecule has 4 heteroatoms. The van der Waals surface area contributed by atoms with E-state index in [1.807, 2.05) is 12.1 Å². The van der Waals surface area contributed by atoms with Crippen LogP contribution in [-0.2, 0) is 17.8 Å². The monoisotopic (exact) mass is 284 g/mol. The third-order valence-electron chi connectivity index (χ3n) is 3.77. The molecule has 0 atom stereocenters. The van der Waals surface area contributed by atoms with Gasteiger partial charge in [-0.15, -0.1) is 0 Å². The van der Waals surface area contributed by atoms with Crippen LogP contribution in [0.2, 0.25) is 0 Å². The maximum Gasteiger partial charge on any atom is 0.223 e. The number of carbonyl (C=O) groups is 1. The average Bonchev–Trinajstić information content (AvgIpc) is 2.90. The van der Waals surface area contributed by atoms with Crippen molar-refractivity contribution in [2.45, 2.75) is 19.9 Å². The minimum atomic E-state index is -0.222. The molecule has 1 aliphatic rings. The van der Waals surface area contributed by atoms with Crippen molar-refractivity contribution in [2.75, 3.05) is 16.8 Å². The summed E-state index contributed by atoms with van der Waals surface area (Å²) < 4.78 is 12.8. The van der Waals surface area contributed by atoms with E-state index in [-0.39, 0.29) is 11.7 Å². The van der Waals surface area contributed by atoms with Gasteiger partial charge in [-0.2, -0.15) is 0 Å². The topological polar surface area (TPSA) is 32.3 Å². The number of carbonyl (C=O) groups excluding carboxylic acids is 1. The summed E-state index contributed by atoms with van der Waals surface area (Å²) in [6, 6.07) is 12.5. The fourth-order valence-corrected chi connectivity index (χ4v) is 2.65. The van der Waals surface area contributed by atoms with Gasteiger partial charge in [0.05, 0.1) is 0 Å². The number of amides is 1. The zero-order valence-corrected chi connectivity index (χ0v) is 11.9. The summed E-state index contributed by atoms with van der Waals surface area (Å²) in [5.74, 6) is -0.138. The van der Waals surface area contributed by atoms with Crippen LogP contribution < -0.4 is 10.2 Å². The smallest absolute Gasteiger partial charge is 0.223 e. The molecule has 1 N–H and O–H groups in total. The average molecular weight is 284 g/mol. The van der Waals surface area contributed by atoms with Crippen LogP contribution in [0.25, 0.3) is 0 Å². The lowest BCUT2D eigenvalue weighted by molar-refractivity contribution is -0.116. The van der Waals surface area contributed by atoms with Crippen molar-refractivity contribution >= 4 is 17.3 Å². The molecule has 0 radical (unpaired) electrons. The van der Waals surface area contributed by atoms with Crippen LogP contribution in [0, 0.1) is 5.82 Å². The highest BCUT2D eigenvalue weighted by Gasteiger charge is 2.21. The summed E-state index contributed by atoms with van der Waals surface area (Å²) in [5.41, 5.74) is 4.25. The van der Waals surface area contributed by atoms with Gasteiger partial charge in [-0.3, -0.25) is 4.79 Å². The third-order valence-corrected chi connectivity index (χ3v) is 3.77. The van der Waals surface area contributed by atoms with Gasteiger partial charge in [-0.25, -0.2) is 4.39 Å². The second-order valence-corrected chi connectivity index (χ2v) is 5.24. The van der Waals surface area contributed by atoms with Crippen LogP contribution in [-0.4, -0.2) is 12.5 Å². The molecule has 0 fully saturated rings. The maximum absolute atomic E-state index is 12.8. The number of rotatable bonds is 3. The predicted molar refractivity (Wildman–Crippen MR) is 81.9 cm³/mol. The number of nitrogens with zero attached hydrogens (tertiary/aromatic N) is 1. The van der Waals surface area contributed by atoms with E-state index in [1.54, 1.807) is 24.0 Å². The number of benzene rings is 2. The first kappa shape index (κ1) is 13.6. The second-order valence-electron chi connectivity index (χ2n) is 5.24. The van der Waals surface area contributed by atoms with Gasteiger partial charge in [0.25, 0.3) is 0 Å². The molecule has 1 aliphatic heterocycles. The van der Waals surface area contributed by atoms with E-state index in [4.69, 9.17) is 0 Å². The van der Waals surface area contributed by atoms with Gasteiger partial charge >= 0.3 is 0 Å². The lowest BCUT2D eigenvalue weighted by Gasteiger charge is -2.15. The zero-order valence-electron chi connectivity index (χ0n) is 11.9. The molecule has 21 heavy (non-hydrogen) atoms. The first-order valence-electron chi connectivity index (χ1n) is 7.03. The van der Waals surface area contributed by atoms with E-state index in [0.717, 1.165) is 29.9 Å². The molecule has 0 saturated carbocycles. The van der Waals surface area contributed by atoms with Gasteiger partial charge in [0, 0.05) is 31.4 Å². The number of hydrogen-bond acceptors (Lipinski definition) is 2. The minimum absolute atomic E-state index is 0.0840. The van der Waals surface area contributed by atoms with E-state index >= 15 is 0 Å². The highest BCUT2D eigenvalue weighted by Crippen LogP contribution is 2.30. The van der Waals surface area contributed by atoms with Crippen molar-refractivity contribution < 1.29 is 9.18 Å². The van der Waals surface area contributed by atoms with E-state index in [1.165, 1.54) is 17.7 Å². The molecule has 3 nitrogen and oxygen atoms in total. The largest absolute Gasteiger partial charge is 0.381 e. The van der Waals surface area contributed by atoms with Crippen LogP contribution in [0.1, 0.15) is 18.1 Å². The van der Waals surface area contributed by atoms with Crippen LogP contribution in [0.4, 0.5) is 15.8 Å². The van der Waals surface area contributed by atoms with Crippen LogP contribution in [0.5, 0.6) is 0 Å². The van der Waals surface area contributed by atoms with Gasteiger partial charge in [0.2, 0.25) is 5.91 Å². The normalized spacial score (nSPS) is 13.1. The van der Waals surface area contributed by atoms with Gasteiger partial charge in [0.1, 0.15) is 5.82 Å². The summed E-state index contributed by atoms with van der Waals surface area (Å²) in [4.78, 5) is 13.3. The molecule has 0 spiro atoms. The Bertz CT molecular complexity index is 667. The number of anilines is 2. The Morgan fingerprint density at radius 2 is 2.00 bits per heavy atom. The Morgan fingerprint density at radius 3 is 2.71 bits per heavy atom. The fourth-order valence-electron chi connectivity index (χ4n) is 2.65. The van der Waals surface area contributed by atoms with E-state index in [9.17, 15) is 9.18 Å². The van der Waals surface area contributed by atoms with Crippen molar-refractivity contribution in [2.24, 2.45) is 0 Å². The second kappa shape index (κ2) is 5.56. The van der Waals surface area contributed by atoms with E-state index in [0.29, 0.717) is 6.54 Å². The molecule has 0 saturated heterocycles. The fraction of sp³-hybridized carbons (Fsp3) is 0.235. The molecule has 1 amide bonds. The number of halogens is 1. The molecule has 0 bridgehead atoms. The Morgan fingerprint density at radius 1 is 1.24 bits per heavy atom. The molecule has 108 valence electrons. The Labute approximate surface area is 123 Å². The van der Waals surface area contributed by atoms with Crippen molar-refractivity contribution in [3.63, 3.8) is 0 Å². The molecular weight excluding hydrogens is 267 g/mol. The maximum atomic E-state index is 12.8. The molecule has 0 aliphatic carbocycles. The lowest BCUT2D eigenvalue weighted by atomic mass is 10.1. The first-order valence-corrected chi connectivity index (χ1v) is 7.03. The number of hydrogen-bond donors (Lipinski definition) is 1. The molecule has 2 aromatic rings. The van der Waals surface area contributed by atoms with E-state index in [2.05, 4.69) is 11.4 Å². The van der Waals surface area contributed by atoms with Crippen LogP contribution in [0.15, 0.2) is 42.5 Å². The Hall–Kier alpha value is -2.36. The van der Waals surface area contributed by atoms with E-state index < -0.39 is 0 Å². The molecule has 2 aromatic carbocycles. The lowest BCUT2D eigenvalue weighted by Crippen LogP contribution is -2.25. The summed E-state index contributed by atoms with van der Waals surface area (Å²) in [6.07, 6.45) is 0.890. The molecule has 0 unspecified atom stereocenters. The first-order chi connectivity index (χ1) is 10.1. The van der Waals surface area contributed by atoms with Gasteiger partial charge < -0.3 is 10.2 Å². The minimum Gasteiger partial charge on any atom is -0.381 e. The van der Waals surface area contributed by atoms with Crippen LogP contribution in [0.3, 0.4) is 0 Å². The van der Waals surface area contributed by atoms with Crippen molar-refractivity contribution in [3.8, 4) is 0 Å². The standard InChI is InChI=1S/C17H17FN2O/c1-12(21)20-9-8-14-10-16(6-7-17(14)20)19-11-13-2-4-15(18)5-3-13/h2-7,10,19H,8-9,11H2,1H3. The Balaban J connectivity index is 1.70. The molecule has 3 rings (SSSR count). The Kier molecular flexibility index (Phi) is 3.60. The quantitative estimate of drug-likeness (QED) is 0.937. The molecule has 1 heterocycles.